The first-order valence-electron chi connectivity index (χ1n) is 9.39. The summed E-state index contributed by atoms with van der Waals surface area (Å²) in [4.78, 5) is 15.2. The van der Waals surface area contributed by atoms with E-state index in [2.05, 4.69) is 0 Å². The number of likely N-dealkylation sites (tertiary alicyclic amines) is 1. The lowest BCUT2D eigenvalue weighted by molar-refractivity contribution is 0.0680. The number of carbonyl (C=O) groups is 1. The van der Waals surface area contributed by atoms with Gasteiger partial charge in [0, 0.05) is 12.1 Å². The number of amides is 1. The average molecular weight is 403 g/mol. The maximum absolute atomic E-state index is 13.3. The number of nitrogens with zero attached hydrogens (tertiary/aromatic N) is 1. The van der Waals surface area contributed by atoms with Crippen LogP contribution in [0.2, 0.25) is 0 Å². The minimum Gasteiger partial charge on any atom is -0.497 e. The van der Waals surface area contributed by atoms with Crippen LogP contribution in [0.1, 0.15) is 53.2 Å². The lowest BCUT2D eigenvalue weighted by Gasteiger charge is -2.31. The molecule has 1 fully saturated rings. The van der Waals surface area contributed by atoms with Crippen LogP contribution >= 0.6 is 0 Å². The second-order valence-corrected chi connectivity index (χ2v) is 8.69. The highest BCUT2D eigenvalue weighted by Gasteiger charge is 2.28. The molecular weight excluding hydrogens is 376 g/mol. The van der Waals surface area contributed by atoms with Crippen LogP contribution in [0.3, 0.4) is 0 Å². The molecule has 1 saturated heterocycles. The van der Waals surface area contributed by atoms with Crippen LogP contribution in [0.25, 0.3) is 0 Å². The van der Waals surface area contributed by atoms with E-state index < -0.39 is 10.0 Å². The number of primary sulfonamides is 1. The molecular formula is C21H26N2O4S. The number of rotatable bonds is 4. The Hall–Kier alpha value is -2.38. The van der Waals surface area contributed by atoms with Gasteiger partial charge in [-0.1, -0.05) is 31.0 Å². The summed E-state index contributed by atoms with van der Waals surface area (Å²) < 4.78 is 28.9. The number of hydrogen-bond donors (Lipinski definition) is 1. The molecule has 1 unspecified atom stereocenters. The van der Waals surface area contributed by atoms with Crippen molar-refractivity contribution < 1.29 is 17.9 Å². The summed E-state index contributed by atoms with van der Waals surface area (Å²) in [5, 5.41) is 5.31. The summed E-state index contributed by atoms with van der Waals surface area (Å²) in [5.41, 5.74) is 1.92. The topological polar surface area (TPSA) is 89.7 Å². The van der Waals surface area contributed by atoms with Crippen LogP contribution in [0, 0.1) is 6.92 Å². The summed E-state index contributed by atoms with van der Waals surface area (Å²) in [7, 11) is -2.26. The first-order valence-corrected chi connectivity index (χ1v) is 10.9. The van der Waals surface area contributed by atoms with Crippen LogP contribution in [-0.4, -0.2) is 32.9 Å². The largest absolute Gasteiger partial charge is 0.497 e. The van der Waals surface area contributed by atoms with Crippen molar-refractivity contribution >= 4 is 15.9 Å². The number of methoxy groups -OCH3 is 1. The molecule has 2 aromatic carbocycles. The molecule has 0 radical (unpaired) electrons. The van der Waals surface area contributed by atoms with Gasteiger partial charge in [0.2, 0.25) is 10.0 Å². The molecule has 1 amide bonds. The predicted molar refractivity (Wildman–Crippen MR) is 108 cm³/mol. The molecule has 28 heavy (non-hydrogen) atoms. The molecule has 1 aliphatic rings. The van der Waals surface area contributed by atoms with Gasteiger partial charge in [-0.25, -0.2) is 13.6 Å². The fraction of sp³-hybridized carbons (Fsp3) is 0.381. The third-order valence-corrected chi connectivity index (χ3v) is 6.31. The van der Waals surface area contributed by atoms with Gasteiger partial charge < -0.3 is 9.64 Å². The highest BCUT2D eigenvalue weighted by atomic mass is 32.2. The number of hydrogen-bond acceptors (Lipinski definition) is 4. The van der Waals surface area contributed by atoms with E-state index >= 15 is 0 Å². The summed E-state index contributed by atoms with van der Waals surface area (Å²) in [6, 6.07) is 12.4. The molecule has 7 heteroatoms. The van der Waals surface area contributed by atoms with Gasteiger partial charge >= 0.3 is 0 Å². The number of nitrogens with two attached hydrogens (primary N) is 1. The normalized spacial score (nSPS) is 17.8. The molecule has 1 heterocycles. The Bertz CT molecular complexity index is 955. The van der Waals surface area contributed by atoms with E-state index in [1.807, 2.05) is 29.2 Å². The maximum atomic E-state index is 13.3. The van der Waals surface area contributed by atoms with Crippen LogP contribution in [0.15, 0.2) is 47.4 Å². The lowest BCUT2D eigenvalue weighted by atomic mass is 9.99. The van der Waals surface area contributed by atoms with Gasteiger partial charge in [-0.15, -0.1) is 0 Å². The Balaban J connectivity index is 1.97. The third kappa shape index (κ3) is 4.36. The van der Waals surface area contributed by atoms with Gasteiger partial charge in [-0.05, 0) is 55.2 Å². The molecule has 1 aliphatic heterocycles. The minimum absolute atomic E-state index is 0.00540. The van der Waals surface area contributed by atoms with Crippen molar-refractivity contribution in [2.75, 3.05) is 13.7 Å². The Morgan fingerprint density at radius 1 is 1.11 bits per heavy atom. The average Bonchev–Trinajstić information content (AvgIpc) is 2.93. The first-order chi connectivity index (χ1) is 13.3. The number of ether oxygens (including phenoxy) is 1. The van der Waals surface area contributed by atoms with E-state index in [1.54, 1.807) is 26.2 Å². The van der Waals surface area contributed by atoms with Crippen LogP contribution < -0.4 is 9.88 Å². The van der Waals surface area contributed by atoms with Crippen LogP contribution in [0.4, 0.5) is 0 Å². The predicted octanol–water partition coefficient (Wildman–Crippen LogP) is 3.41. The molecule has 0 spiro atoms. The van der Waals surface area contributed by atoms with E-state index in [0.29, 0.717) is 17.7 Å². The lowest BCUT2D eigenvalue weighted by Crippen LogP contribution is -2.35. The molecule has 0 bridgehead atoms. The molecule has 150 valence electrons. The van der Waals surface area contributed by atoms with Crippen molar-refractivity contribution in [1.82, 2.24) is 4.90 Å². The van der Waals surface area contributed by atoms with E-state index in [1.165, 1.54) is 6.07 Å². The zero-order valence-electron chi connectivity index (χ0n) is 16.2. The minimum atomic E-state index is -3.89. The second kappa shape index (κ2) is 8.32. The quantitative estimate of drug-likeness (QED) is 0.849. The van der Waals surface area contributed by atoms with Gasteiger partial charge in [0.25, 0.3) is 5.91 Å². The number of benzene rings is 2. The monoisotopic (exact) mass is 402 g/mol. The van der Waals surface area contributed by atoms with Crippen LogP contribution in [-0.2, 0) is 10.0 Å². The molecule has 1 atom stereocenters. The number of sulfonamides is 1. The van der Waals surface area contributed by atoms with E-state index in [0.717, 1.165) is 37.0 Å². The van der Waals surface area contributed by atoms with Crippen molar-refractivity contribution in [3.8, 4) is 5.75 Å². The highest BCUT2D eigenvalue weighted by molar-refractivity contribution is 7.89. The molecule has 0 aromatic heterocycles. The number of aryl methyl sites for hydroxylation is 1. The van der Waals surface area contributed by atoms with Gasteiger partial charge in [0.05, 0.1) is 18.0 Å². The SMILES string of the molecule is COc1ccc(C2CCCCCN2C(=O)c2ccc(C)c(S(N)(=O)=O)c2)cc1. The summed E-state index contributed by atoms with van der Waals surface area (Å²) in [5.74, 6) is 0.596. The Morgan fingerprint density at radius 2 is 1.82 bits per heavy atom. The fourth-order valence-corrected chi connectivity index (χ4v) is 4.54. The van der Waals surface area contributed by atoms with Gasteiger partial charge in [0.15, 0.2) is 0 Å². The van der Waals surface area contributed by atoms with Gasteiger partial charge in [0.1, 0.15) is 5.75 Å². The maximum Gasteiger partial charge on any atom is 0.254 e. The fourth-order valence-electron chi connectivity index (χ4n) is 3.73. The zero-order valence-corrected chi connectivity index (χ0v) is 17.0. The van der Waals surface area contributed by atoms with E-state index in [-0.39, 0.29) is 16.8 Å². The Kier molecular flexibility index (Phi) is 6.05. The van der Waals surface area contributed by atoms with Crippen molar-refractivity contribution in [3.05, 3.63) is 59.2 Å². The Morgan fingerprint density at radius 3 is 2.46 bits per heavy atom. The van der Waals surface area contributed by atoms with Gasteiger partial charge in [-0.2, -0.15) is 0 Å². The van der Waals surface area contributed by atoms with E-state index in [9.17, 15) is 13.2 Å². The summed E-state index contributed by atoms with van der Waals surface area (Å²) >= 11 is 0. The summed E-state index contributed by atoms with van der Waals surface area (Å²) in [6.07, 6.45) is 3.89. The number of carbonyl (C=O) groups excluding carboxylic acids is 1. The third-order valence-electron chi connectivity index (χ3n) is 5.26. The Labute approximate surface area is 166 Å². The molecule has 2 aromatic rings. The second-order valence-electron chi connectivity index (χ2n) is 7.16. The van der Waals surface area contributed by atoms with Crippen molar-refractivity contribution in [3.63, 3.8) is 0 Å². The van der Waals surface area contributed by atoms with E-state index in [4.69, 9.17) is 9.88 Å². The van der Waals surface area contributed by atoms with Crippen molar-refractivity contribution in [2.45, 2.75) is 43.5 Å². The molecule has 0 saturated carbocycles. The van der Waals surface area contributed by atoms with Crippen molar-refractivity contribution in [2.24, 2.45) is 5.14 Å². The molecule has 6 nitrogen and oxygen atoms in total. The summed E-state index contributed by atoms with van der Waals surface area (Å²) in [6.45, 7) is 2.30. The zero-order chi connectivity index (χ0) is 20.3. The van der Waals surface area contributed by atoms with Crippen LogP contribution in [0.5, 0.6) is 5.75 Å². The molecule has 2 N–H and O–H groups in total. The highest BCUT2D eigenvalue weighted by Crippen LogP contribution is 2.32. The molecule has 0 aliphatic carbocycles. The van der Waals surface area contributed by atoms with Crippen molar-refractivity contribution in [1.29, 1.82) is 0 Å². The molecule has 3 rings (SSSR count). The standard InChI is InChI=1S/C21H26N2O4S/c1-15-7-8-17(14-20(15)28(22,25)26)21(24)23-13-5-3-4-6-19(23)16-9-11-18(27-2)12-10-16/h7-12,14,19H,3-6,13H2,1-2H3,(H2,22,25,26). The first kappa shape index (κ1) is 20.4. The van der Waals surface area contributed by atoms with Gasteiger partial charge in [-0.3, -0.25) is 4.79 Å². The smallest absolute Gasteiger partial charge is 0.254 e.